The number of carboxylic acids is 1. The third-order valence-corrected chi connectivity index (χ3v) is 3.57. The molecule has 22 heavy (non-hydrogen) atoms. The molecule has 0 bridgehead atoms. The molecule has 0 saturated carbocycles. The number of carbonyl (C=O) groups is 1. The van der Waals surface area contributed by atoms with Crippen molar-refractivity contribution in [1.29, 1.82) is 0 Å². The second kappa shape index (κ2) is 7.87. The molecule has 9 nitrogen and oxygen atoms in total. The summed E-state index contributed by atoms with van der Waals surface area (Å²) < 4.78 is 15.1. The largest absolute Gasteiger partial charge is 0.506 e. The lowest BCUT2D eigenvalue weighted by atomic mass is 10.1. The lowest BCUT2D eigenvalue weighted by Gasteiger charge is -2.16. The van der Waals surface area contributed by atoms with Crippen LogP contribution in [0.15, 0.2) is 6.20 Å². The van der Waals surface area contributed by atoms with Crippen LogP contribution in [0.3, 0.4) is 0 Å². The molecule has 0 fully saturated rings. The maximum atomic E-state index is 10.9. The fourth-order valence-corrected chi connectivity index (χ4v) is 2.14. The molecule has 1 atom stereocenters. The first kappa shape index (κ1) is 18.8. The maximum absolute atomic E-state index is 10.9. The van der Waals surface area contributed by atoms with E-state index >= 15 is 0 Å². The Balaban J connectivity index is 2.97. The molecule has 0 aliphatic carbocycles. The number of rotatable bonds is 8. The summed E-state index contributed by atoms with van der Waals surface area (Å²) in [7, 11) is -4.68. The number of phosphoric ester groups is 1. The standard InChI is InChI=1S/C11H16ClN2O7P/c1-6-10(15)8(4-14-9(2-12)11(16)17)7(3-13-6)5-21-22(18,19)20/h3,9,14-15H,2,4-5H2,1H3,(H,16,17)(H2,18,19,20)/t9-/m1/s1. The number of nitrogens with zero attached hydrogens (tertiary/aromatic N) is 1. The Bertz CT molecular complexity index is 592. The van der Waals surface area contributed by atoms with Crippen LogP contribution in [-0.4, -0.2) is 42.9 Å². The summed E-state index contributed by atoms with van der Waals surface area (Å²) in [4.78, 5) is 32.2. The van der Waals surface area contributed by atoms with Crippen molar-refractivity contribution in [1.82, 2.24) is 10.3 Å². The number of phosphoric acid groups is 1. The van der Waals surface area contributed by atoms with Crippen LogP contribution < -0.4 is 5.32 Å². The predicted octanol–water partition coefficient (Wildman–Crippen LogP) is 0.487. The number of halogens is 1. The third kappa shape index (κ3) is 5.53. The van der Waals surface area contributed by atoms with Gasteiger partial charge in [0.15, 0.2) is 0 Å². The maximum Gasteiger partial charge on any atom is 0.469 e. The number of aromatic nitrogens is 1. The van der Waals surface area contributed by atoms with E-state index in [1.165, 1.54) is 13.1 Å². The summed E-state index contributed by atoms with van der Waals surface area (Å²) in [5.74, 6) is -1.56. The van der Waals surface area contributed by atoms with E-state index in [1.54, 1.807) is 0 Å². The minimum atomic E-state index is -4.68. The molecule has 0 aromatic carbocycles. The zero-order chi connectivity index (χ0) is 16.9. The minimum Gasteiger partial charge on any atom is -0.506 e. The topological polar surface area (TPSA) is 149 Å². The summed E-state index contributed by atoms with van der Waals surface area (Å²) in [5, 5.41) is 21.5. The number of aromatic hydroxyl groups is 1. The first-order chi connectivity index (χ1) is 10.2. The van der Waals surface area contributed by atoms with Crippen LogP contribution in [-0.2, 0) is 27.0 Å². The fourth-order valence-electron chi connectivity index (χ4n) is 1.59. The van der Waals surface area contributed by atoms with E-state index in [9.17, 15) is 14.5 Å². The molecule has 124 valence electrons. The number of nitrogens with one attached hydrogen (secondary N) is 1. The molecule has 0 spiro atoms. The van der Waals surface area contributed by atoms with Gasteiger partial charge in [0.2, 0.25) is 0 Å². The third-order valence-electron chi connectivity index (χ3n) is 2.80. The molecule has 0 aliphatic heterocycles. The molecular formula is C11H16ClN2O7P. The van der Waals surface area contributed by atoms with Gasteiger partial charge in [-0.15, -0.1) is 11.6 Å². The van der Waals surface area contributed by atoms with E-state index in [4.69, 9.17) is 26.5 Å². The van der Waals surface area contributed by atoms with Gasteiger partial charge in [-0.1, -0.05) is 0 Å². The number of hydrogen-bond acceptors (Lipinski definition) is 6. The van der Waals surface area contributed by atoms with Crippen molar-refractivity contribution in [3.63, 3.8) is 0 Å². The second-order valence-electron chi connectivity index (χ2n) is 4.39. The average Bonchev–Trinajstić information content (AvgIpc) is 2.41. The van der Waals surface area contributed by atoms with Crippen LogP contribution in [0, 0.1) is 6.92 Å². The monoisotopic (exact) mass is 354 g/mol. The van der Waals surface area contributed by atoms with Gasteiger partial charge in [0, 0.05) is 29.7 Å². The predicted molar refractivity (Wildman–Crippen MR) is 76.5 cm³/mol. The highest BCUT2D eigenvalue weighted by molar-refractivity contribution is 7.46. The number of pyridine rings is 1. The molecule has 1 heterocycles. The van der Waals surface area contributed by atoms with Gasteiger partial charge in [0.1, 0.15) is 11.8 Å². The summed E-state index contributed by atoms with van der Waals surface area (Å²) >= 11 is 5.51. The highest BCUT2D eigenvalue weighted by atomic mass is 35.5. The van der Waals surface area contributed by atoms with Crippen molar-refractivity contribution in [3.8, 4) is 5.75 Å². The summed E-state index contributed by atoms with van der Waals surface area (Å²) in [6, 6.07) is -1.04. The van der Waals surface area contributed by atoms with E-state index in [1.807, 2.05) is 0 Å². The Hall–Kier alpha value is -1.22. The quantitative estimate of drug-likeness (QED) is 0.332. The van der Waals surface area contributed by atoms with E-state index in [-0.39, 0.29) is 35.0 Å². The molecule has 0 radical (unpaired) electrons. The SMILES string of the molecule is Cc1ncc(COP(=O)(O)O)c(CN[C@H](CCl)C(=O)O)c1O. The molecule has 0 unspecified atom stereocenters. The van der Waals surface area contributed by atoms with Crippen molar-refractivity contribution in [2.75, 3.05) is 5.88 Å². The number of hydrogen-bond donors (Lipinski definition) is 5. The Morgan fingerprint density at radius 2 is 2.18 bits per heavy atom. The first-order valence-corrected chi connectivity index (χ1v) is 8.10. The fraction of sp³-hybridized carbons (Fsp3) is 0.455. The van der Waals surface area contributed by atoms with Crippen molar-refractivity contribution >= 4 is 25.4 Å². The second-order valence-corrected chi connectivity index (χ2v) is 5.93. The zero-order valence-electron chi connectivity index (χ0n) is 11.6. The van der Waals surface area contributed by atoms with E-state index < -0.39 is 26.4 Å². The Morgan fingerprint density at radius 1 is 1.55 bits per heavy atom. The van der Waals surface area contributed by atoms with Crippen LogP contribution in [0.2, 0.25) is 0 Å². The van der Waals surface area contributed by atoms with Crippen molar-refractivity contribution < 1.29 is 33.9 Å². The number of aryl methyl sites for hydroxylation is 1. The van der Waals surface area contributed by atoms with E-state index in [0.29, 0.717) is 0 Å². The molecule has 0 saturated heterocycles. The number of carboxylic acid groups (broad SMARTS) is 1. The van der Waals surface area contributed by atoms with Crippen molar-refractivity contribution in [2.24, 2.45) is 0 Å². The Kier molecular flexibility index (Phi) is 6.73. The molecule has 0 aliphatic rings. The zero-order valence-corrected chi connectivity index (χ0v) is 13.2. The summed E-state index contributed by atoms with van der Waals surface area (Å²) in [5.41, 5.74) is 0.740. The van der Waals surface area contributed by atoms with Crippen LogP contribution >= 0.6 is 19.4 Å². The van der Waals surface area contributed by atoms with Crippen LogP contribution in [0.1, 0.15) is 16.8 Å². The average molecular weight is 355 g/mol. The van der Waals surface area contributed by atoms with Gasteiger partial charge >= 0.3 is 13.8 Å². The van der Waals surface area contributed by atoms with Gasteiger partial charge in [-0.3, -0.25) is 19.6 Å². The summed E-state index contributed by atoms with van der Waals surface area (Å²) in [6.45, 7) is 0.960. The highest BCUT2D eigenvalue weighted by Crippen LogP contribution is 2.38. The molecule has 1 rings (SSSR count). The molecule has 0 amide bonds. The van der Waals surface area contributed by atoms with Gasteiger partial charge in [0.25, 0.3) is 0 Å². The van der Waals surface area contributed by atoms with Crippen molar-refractivity contribution in [3.05, 3.63) is 23.0 Å². The molecule has 1 aromatic heterocycles. The lowest BCUT2D eigenvalue weighted by Crippen LogP contribution is -2.37. The molecule has 1 aromatic rings. The van der Waals surface area contributed by atoms with Gasteiger partial charge in [-0.2, -0.15) is 0 Å². The van der Waals surface area contributed by atoms with Gasteiger partial charge in [-0.05, 0) is 6.92 Å². The normalized spacial score (nSPS) is 13.1. The van der Waals surface area contributed by atoms with E-state index in [0.717, 1.165) is 0 Å². The molecule has 5 N–H and O–H groups in total. The Morgan fingerprint density at radius 3 is 2.68 bits per heavy atom. The lowest BCUT2D eigenvalue weighted by molar-refractivity contribution is -0.138. The van der Waals surface area contributed by atoms with Gasteiger partial charge in [-0.25, -0.2) is 4.57 Å². The van der Waals surface area contributed by atoms with Crippen LogP contribution in [0.4, 0.5) is 0 Å². The van der Waals surface area contributed by atoms with Gasteiger partial charge in [0.05, 0.1) is 12.3 Å². The minimum absolute atomic E-state index is 0.0846. The first-order valence-electron chi connectivity index (χ1n) is 6.04. The highest BCUT2D eigenvalue weighted by Gasteiger charge is 2.20. The van der Waals surface area contributed by atoms with E-state index in [2.05, 4.69) is 14.8 Å². The van der Waals surface area contributed by atoms with Crippen LogP contribution in [0.5, 0.6) is 5.75 Å². The molecular weight excluding hydrogens is 339 g/mol. The summed E-state index contributed by atoms with van der Waals surface area (Å²) in [6.07, 6.45) is 1.29. The molecule has 11 heteroatoms. The number of aliphatic carboxylic acids is 1. The van der Waals surface area contributed by atoms with Gasteiger partial charge < -0.3 is 20.0 Å². The Labute approximate surface area is 131 Å². The number of alkyl halides is 1. The smallest absolute Gasteiger partial charge is 0.469 e. The van der Waals surface area contributed by atoms with Crippen molar-refractivity contribution in [2.45, 2.75) is 26.1 Å². The van der Waals surface area contributed by atoms with Crippen LogP contribution in [0.25, 0.3) is 0 Å².